The van der Waals surface area contributed by atoms with Crippen LogP contribution in [0.2, 0.25) is 0 Å². The Kier molecular flexibility index (Phi) is 3.86. The molecule has 7 nitrogen and oxygen atoms in total. The Bertz CT molecular complexity index is 1160. The molecule has 4 aromatic rings. The average Bonchev–Trinajstić information content (AvgIpc) is 3.35. The first-order valence-electron chi connectivity index (χ1n) is 9.15. The number of nitrogens with one attached hydrogen (secondary N) is 1. The lowest BCUT2D eigenvalue weighted by Gasteiger charge is -2.20. The zero-order valence-corrected chi connectivity index (χ0v) is 15.4. The number of hydrogen-bond acceptors (Lipinski definition) is 4. The molecule has 0 saturated carbocycles. The van der Waals surface area contributed by atoms with Crippen LogP contribution in [0.1, 0.15) is 29.3 Å². The Labute approximate surface area is 161 Å². The first-order chi connectivity index (χ1) is 13.7. The van der Waals surface area contributed by atoms with Crippen molar-refractivity contribution in [2.45, 2.75) is 18.9 Å². The Morgan fingerprint density at radius 1 is 1.18 bits per heavy atom. The van der Waals surface area contributed by atoms with Crippen molar-refractivity contribution in [1.29, 1.82) is 0 Å². The number of carbonyl (C=O) groups excluding carboxylic acids is 1. The zero-order valence-electron chi connectivity index (χ0n) is 15.4. The van der Waals surface area contributed by atoms with Gasteiger partial charge in [0.15, 0.2) is 0 Å². The van der Waals surface area contributed by atoms with Crippen LogP contribution in [0.25, 0.3) is 11.3 Å². The average molecular weight is 373 g/mol. The molecule has 28 heavy (non-hydrogen) atoms. The first-order valence-corrected chi connectivity index (χ1v) is 9.15. The van der Waals surface area contributed by atoms with Gasteiger partial charge in [0.05, 0.1) is 30.7 Å². The van der Waals surface area contributed by atoms with Crippen LogP contribution in [0.5, 0.6) is 5.75 Å². The van der Waals surface area contributed by atoms with Crippen LogP contribution < -0.4 is 10.1 Å². The molecule has 1 atom stereocenters. The molecule has 0 bridgehead atoms. The van der Waals surface area contributed by atoms with Gasteiger partial charge in [0, 0.05) is 30.9 Å². The van der Waals surface area contributed by atoms with E-state index in [1.807, 2.05) is 59.5 Å². The first kappa shape index (κ1) is 16.6. The third kappa shape index (κ3) is 2.63. The molecule has 5 rings (SSSR count). The van der Waals surface area contributed by atoms with E-state index in [9.17, 15) is 4.79 Å². The van der Waals surface area contributed by atoms with E-state index in [4.69, 9.17) is 9.72 Å². The van der Waals surface area contributed by atoms with Gasteiger partial charge in [-0.3, -0.25) is 4.79 Å². The van der Waals surface area contributed by atoms with Crippen molar-refractivity contribution >= 4 is 11.6 Å². The fraction of sp³-hybridized carbons (Fsp3) is 0.190. The second kappa shape index (κ2) is 6.53. The second-order valence-corrected chi connectivity index (χ2v) is 6.78. The van der Waals surface area contributed by atoms with E-state index in [-0.39, 0.29) is 11.8 Å². The van der Waals surface area contributed by atoms with Crippen LogP contribution in [-0.2, 0) is 11.3 Å². The van der Waals surface area contributed by atoms with Crippen LogP contribution in [0.4, 0.5) is 0 Å². The number of carbonyl (C=O) groups is 1. The maximum absolute atomic E-state index is 12.5. The molecule has 140 valence electrons. The van der Waals surface area contributed by atoms with Gasteiger partial charge in [-0.05, 0) is 42.0 Å². The van der Waals surface area contributed by atoms with Gasteiger partial charge in [-0.15, -0.1) is 0 Å². The summed E-state index contributed by atoms with van der Waals surface area (Å²) in [7, 11) is 1.64. The van der Waals surface area contributed by atoms with Gasteiger partial charge in [-0.1, -0.05) is 6.07 Å². The molecule has 7 heteroatoms. The number of nitrogens with zero attached hydrogens (tertiary/aromatic N) is 4. The van der Waals surface area contributed by atoms with Crippen molar-refractivity contribution in [3.63, 3.8) is 0 Å². The zero-order chi connectivity index (χ0) is 19.1. The molecule has 1 amide bonds. The fourth-order valence-corrected chi connectivity index (χ4v) is 3.92. The van der Waals surface area contributed by atoms with E-state index in [0.29, 0.717) is 13.0 Å². The molecule has 3 aromatic heterocycles. The van der Waals surface area contributed by atoms with Crippen LogP contribution in [0, 0.1) is 0 Å². The smallest absolute Gasteiger partial charge is 0.221 e. The highest BCUT2D eigenvalue weighted by atomic mass is 16.5. The van der Waals surface area contributed by atoms with Gasteiger partial charge in [-0.25, -0.2) is 9.67 Å². The fourth-order valence-electron chi connectivity index (χ4n) is 3.92. The Morgan fingerprint density at radius 3 is 2.93 bits per heavy atom. The van der Waals surface area contributed by atoms with Gasteiger partial charge < -0.3 is 14.5 Å². The normalized spacial score (nSPS) is 16.5. The molecule has 1 aliphatic heterocycles. The lowest BCUT2D eigenvalue weighted by Crippen LogP contribution is -2.22. The number of pyridine rings is 1. The van der Waals surface area contributed by atoms with Crippen molar-refractivity contribution < 1.29 is 9.53 Å². The Balaban J connectivity index is 1.78. The van der Waals surface area contributed by atoms with Crippen LogP contribution >= 0.6 is 0 Å². The minimum absolute atomic E-state index is 0.00177. The molecule has 1 N–H and O–H groups in total. The van der Waals surface area contributed by atoms with E-state index < -0.39 is 0 Å². The molecule has 4 heterocycles. The summed E-state index contributed by atoms with van der Waals surface area (Å²) in [6.07, 6.45) is 5.97. The highest BCUT2D eigenvalue weighted by Gasteiger charge is 2.31. The largest absolute Gasteiger partial charge is 0.497 e. The Hall–Kier alpha value is -3.61. The van der Waals surface area contributed by atoms with E-state index in [2.05, 4.69) is 14.8 Å². The number of amides is 1. The van der Waals surface area contributed by atoms with Crippen molar-refractivity contribution in [2.75, 3.05) is 7.11 Å². The van der Waals surface area contributed by atoms with E-state index in [1.165, 1.54) is 0 Å². The maximum Gasteiger partial charge on any atom is 0.221 e. The highest BCUT2D eigenvalue weighted by Crippen LogP contribution is 2.37. The summed E-state index contributed by atoms with van der Waals surface area (Å²) in [5.74, 6) is 0.567. The summed E-state index contributed by atoms with van der Waals surface area (Å²) in [5, 5.41) is 7.37. The summed E-state index contributed by atoms with van der Waals surface area (Å²) in [4.78, 5) is 17.3. The SMILES string of the molecule is COc1ccc(-n2cccn2)c([C@H]2CC(=O)NCc3nc4ccccn4c32)c1. The Morgan fingerprint density at radius 2 is 2.11 bits per heavy atom. The predicted molar refractivity (Wildman–Crippen MR) is 104 cm³/mol. The third-order valence-electron chi connectivity index (χ3n) is 5.18. The van der Waals surface area contributed by atoms with E-state index in [0.717, 1.165) is 34.0 Å². The van der Waals surface area contributed by atoms with Crippen molar-refractivity contribution in [3.8, 4) is 11.4 Å². The summed E-state index contributed by atoms with van der Waals surface area (Å²) in [5.41, 5.74) is 4.68. The lowest BCUT2D eigenvalue weighted by molar-refractivity contribution is -0.121. The molecule has 0 fully saturated rings. The van der Waals surface area contributed by atoms with Crippen molar-refractivity contribution in [2.24, 2.45) is 0 Å². The summed E-state index contributed by atoms with van der Waals surface area (Å²) in [6, 6.07) is 13.7. The monoisotopic (exact) mass is 373 g/mol. The molecular weight excluding hydrogens is 354 g/mol. The highest BCUT2D eigenvalue weighted by molar-refractivity contribution is 5.79. The molecule has 0 radical (unpaired) electrons. The van der Waals surface area contributed by atoms with Crippen LogP contribution in [0.15, 0.2) is 61.1 Å². The lowest BCUT2D eigenvalue weighted by atomic mass is 9.90. The van der Waals surface area contributed by atoms with Crippen molar-refractivity contribution in [3.05, 3.63) is 78.0 Å². The van der Waals surface area contributed by atoms with E-state index in [1.54, 1.807) is 13.3 Å². The van der Waals surface area contributed by atoms with E-state index >= 15 is 0 Å². The number of rotatable bonds is 3. The van der Waals surface area contributed by atoms with Gasteiger partial charge in [0.1, 0.15) is 11.4 Å². The number of aromatic nitrogens is 4. The van der Waals surface area contributed by atoms with Gasteiger partial charge in [-0.2, -0.15) is 5.10 Å². The summed E-state index contributed by atoms with van der Waals surface area (Å²) in [6.45, 7) is 0.424. The molecule has 0 saturated heterocycles. The molecule has 0 unspecified atom stereocenters. The van der Waals surface area contributed by atoms with Gasteiger partial charge in [0.25, 0.3) is 0 Å². The minimum Gasteiger partial charge on any atom is -0.497 e. The van der Waals surface area contributed by atoms with Crippen LogP contribution in [0.3, 0.4) is 0 Å². The maximum atomic E-state index is 12.5. The number of ether oxygens (including phenoxy) is 1. The summed E-state index contributed by atoms with van der Waals surface area (Å²) < 4.78 is 9.38. The number of hydrogen-bond donors (Lipinski definition) is 1. The number of imidazole rings is 1. The predicted octanol–water partition coefficient (Wildman–Crippen LogP) is 2.68. The molecule has 1 aromatic carbocycles. The van der Waals surface area contributed by atoms with Crippen molar-refractivity contribution in [1.82, 2.24) is 24.5 Å². The number of fused-ring (bicyclic) bond motifs is 3. The number of benzene rings is 1. The molecular formula is C21H19N5O2. The second-order valence-electron chi connectivity index (χ2n) is 6.78. The minimum atomic E-state index is -0.177. The van der Waals surface area contributed by atoms with Crippen LogP contribution in [-0.4, -0.2) is 32.2 Å². The number of methoxy groups -OCH3 is 1. The third-order valence-corrected chi connectivity index (χ3v) is 5.18. The van der Waals surface area contributed by atoms with Gasteiger partial charge >= 0.3 is 0 Å². The quantitative estimate of drug-likeness (QED) is 0.599. The molecule has 1 aliphatic rings. The summed E-state index contributed by atoms with van der Waals surface area (Å²) >= 11 is 0. The standard InChI is InChI=1S/C21H19N5O2/c1-28-14-6-7-18(26-10-4-8-23-26)15(11-14)16-12-20(27)22-13-17-21(16)25-9-3-2-5-19(25)24-17/h2-11,16H,12-13H2,1H3,(H,22,27)/t16-/m1/s1. The molecule has 0 spiro atoms. The molecule has 0 aliphatic carbocycles. The topological polar surface area (TPSA) is 73.5 Å². The van der Waals surface area contributed by atoms with Gasteiger partial charge in [0.2, 0.25) is 5.91 Å².